The van der Waals surface area contributed by atoms with Crippen LogP contribution in [0.25, 0.3) is 0 Å². The average Bonchev–Trinajstić information content (AvgIpc) is 2.46. The average molecular weight is 277 g/mol. The number of nitrogens with two attached hydrogens (primary N) is 1. The minimum atomic E-state index is 0.173. The molecular weight excluding hydrogens is 250 g/mol. The van der Waals surface area contributed by atoms with Crippen LogP contribution in [0.2, 0.25) is 0 Å². The van der Waals surface area contributed by atoms with Gasteiger partial charge in [-0.15, -0.1) is 0 Å². The van der Waals surface area contributed by atoms with Crippen molar-refractivity contribution in [2.75, 3.05) is 13.2 Å². The monoisotopic (exact) mass is 277 g/mol. The molecule has 20 heavy (non-hydrogen) atoms. The lowest BCUT2D eigenvalue weighted by molar-refractivity contribution is 0.0968. The topological polar surface area (TPSA) is 52.3 Å². The lowest BCUT2D eigenvalue weighted by atomic mass is 9.92. The zero-order valence-electron chi connectivity index (χ0n) is 12.7. The van der Waals surface area contributed by atoms with Crippen molar-refractivity contribution < 1.29 is 9.53 Å². The second-order valence-corrected chi connectivity index (χ2v) is 5.12. The summed E-state index contributed by atoms with van der Waals surface area (Å²) < 4.78 is 5.52. The van der Waals surface area contributed by atoms with Gasteiger partial charge in [0.2, 0.25) is 0 Å². The molecule has 112 valence electrons. The Morgan fingerprint density at radius 2 is 1.95 bits per heavy atom. The normalized spacial score (nSPS) is 12.2. The molecule has 0 fully saturated rings. The fraction of sp³-hybridized carbons (Fsp3) is 0.588. The Morgan fingerprint density at radius 1 is 1.20 bits per heavy atom. The Kier molecular flexibility index (Phi) is 7.97. The molecule has 0 aliphatic carbocycles. The summed E-state index contributed by atoms with van der Waals surface area (Å²) in [5.41, 5.74) is 6.34. The van der Waals surface area contributed by atoms with E-state index >= 15 is 0 Å². The summed E-state index contributed by atoms with van der Waals surface area (Å²) in [4.78, 5) is 12.3. The van der Waals surface area contributed by atoms with E-state index in [4.69, 9.17) is 10.5 Å². The molecule has 0 aromatic heterocycles. The van der Waals surface area contributed by atoms with Crippen LogP contribution in [-0.2, 0) is 0 Å². The first-order valence-electron chi connectivity index (χ1n) is 7.68. The number of para-hydroxylation sites is 1. The van der Waals surface area contributed by atoms with Gasteiger partial charge in [-0.3, -0.25) is 4.79 Å². The van der Waals surface area contributed by atoms with Gasteiger partial charge in [0.1, 0.15) is 5.75 Å². The molecule has 0 heterocycles. The van der Waals surface area contributed by atoms with Crippen LogP contribution in [0.1, 0.15) is 56.3 Å². The molecule has 0 bridgehead atoms. The third kappa shape index (κ3) is 5.33. The van der Waals surface area contributed by atoms with Crippen LogP contribution in [0.4, 0.5) is 0 Å². The van der Waals surface area contributed by atoms with Crippen molar-refractivity contribution in [1.29, 1.82) is 0 Å². The van der Waals surface area contributed by atoms with Crippen molar-refractivity contribution in [3.05, 3.63) is 29.8 Å². The number of ether oxygens (including phenoxy) is 1. The second kappa shape index (κ2) is 9.54. The van der Waals surface area contributed by atoms with Crippen LogP contribution in [0, 0.1) is 5.92 Å². The van der Waals surface area contributed by atoms with E-state index in [0.29, 0.717) is 36.8 Å². The van der Waals surface area contributed by atoms with E-state index in [-0.39, 0.29) is 5.78 Å². The maximum Gasteiger partial charge on any atom is 0.166 e. The van der Waals surface area contributed by atoms with Crippen molar-refractivity contribution in [1.82, 2.24) is 0 Å². The van der Waals surface area contributed by atoms with Crippen LogP contribution in [0.5, 0.6) is 5.75 Å². The van der Waals surface area contributed by atoms with E-state index in [0.717, 1.165) is 25.7 Å². The van der Waals surface area contributed by atoms with Crippen molar-refractivity contribution in [2.24, 2.45) is 11.7 Å². The van der Waals surface area contributed by atoms with Crippen molar-refractivity contribution in [3.8, 4) is 5.75 Å². The molecule has 0 radical (unpaired) electrons. The SMILES string of the molecule is CCCC(CCN)CCC(=O)c1ccccc1OCC. The van der Waals surface area contributed by atoms with E-state index in [1.165, 1.54) is 0 Å². The highest BCUT2D eigenvalue weighted by Crippen LogP contribution is 2.23. The Morgan fingerprint density at radius 3 is 2.60 bits per heavy atom. The van der Waals surface area contributed by atoms with Crippen molar-refractivity contribution in [2.45, 2.75) is 46.0 Å². The van der Waals surface area contributed by atoms with Crippen molar-refractivity contribution in [3.63, 3.8) is 0 Å². The smallest absolute Gasteiger partial charge is 0.166 e. The summed E-state index contributed by atoms with van der Waals surface area (Å²) in [7, 11) is 0. The number of carbonyl (C=O) groups excluding carboxylic acids is 1. The molecular formula is C17H27NO2. The van der Waals surface area contributed by atoms with E-state index in [1.54, 1.807) is 0 Å². The van der Waals surface area contributed by atoms with Gasteiger partial charge in [0.15, 0.2) is 5.78 Å². The minimum Gasteiger partial charge on any atom is -0.493 e. The number of ketones is 1. The predicted molar refractivity (Wildman–Crippen MR) is 83.2 cm³/mol. The molecule has 0 spiro atoms. The zero-order valence-corrected chi connectivity index (χ0v) is 12.7. The van der Waals surface area contributed by atoms with Crippen LogP contribution in [0.15, 0.2) is 24.3 Å². The number of hydrogen-bond acceptors (Lipinski definition) is 3. The molecule has 0 saturated carbocycles. The number of benzene rings is 1. The Labute approximate surface area is 122 Å². The summed E-state index contributed by atoms with van der Waals surface area (Å²) in [6, 6.07) is 7.50. The summed E-state index contributed by atoms with van der Waals surface area (Å²) in [5, 5.41) is 0. The number of Topliss-reactive ketones (excluding diaryl/α,β-unsaturated/α-hetero) is 1. The molecule has 2 N–H and O–H groups in total. The van der Waals surface area contributed by atoms with Crippen molar-refractivity contribution >= 4 is 5.78 Å². The zero-order chi connectivity index (χ0) is 14.8. The Bertz CT molecular complexity index is 398. The Balaban J connectivity index is 2.61. The van der Waals surface area contributed by atoms with E-state index in [9.17, 15) is 4.79 Å². The van der Waals surface area contributed by atoms with Gasteiger partial charge < -0.3 is 10.5 Å². The number of hydrogen-bond donors (Lipinski definition) is 1. The maximum atomic E-state index is 12.3. The number of carbonyl (C=O) groups is 1. The van der Waals surface area contributed by atoms with Gasteiger partial charge in [0.05, 0.1) is 12.2 Å². The highest BCUT2D eigenvalue weighted by atomic mass is 16.5. The summed E-state index contributed by atoms with van der Waals surface area (Å²) >= 11 is 0. The van der Waals surface area contributed by atoms with Gasteiger partial charge >= 0.3 is 0 Å². The first-order chi connectivity index (χ1) is 9.72. The lowest BCUT2D eigenvalue weighted by Crippen LogP contribution is -2.11. The predicted octanol–water partition coefficient (Wildman–Crippen LogP) is 3.81. The third-order valence-corrected chi connectivity index (χ3v) is 3.54. The molecule has 1 unspecified atom stereocenters. The van der Waals surface area contributed by atoms with E-state index in [2.05, 4.69) is 6.92 Å². The molecule has 3 nitrogen and oxygen atoms in total. The third-order valence-electron chi connectivity index (χ3n) is 3.54. The standard InChI is InChI=1S/C17H27NO2/c1-3-7-14(12-13-18)10-11-16(19)15-8-5-6-9-17(15)20-4-2/h5-6,8-9,14H,3-4,7,10-13,18H2,1-2H3. The largest absolute Gasteiger partial charge is 0.493 e. The molecule has 0 aliphatic heterocycles. The van der Waals surface area contributed by atoms with E-state index < -0.39 is 0 Å². The number of rotatable bonds is 10. The van der Waals surface area contributed by atoms with Gasteiger partial charge in [-0.2, -0.15) is 0 Å². The first kappa shape index (κ1) is 16.7. The molecule has 0 aliphatic rings. The Hall–Kier alpha value is -1.35. The summed E-state index contributed by atoms with van der Waals surface area (Å²) in [5.74, 6) is 1.44. The fourth-order valence-electron chi connectivity index (χ4n) is 2.53. The van der Waals surface area contributed by atoms with Crippen LogP contribution >= 0.6 is 0 Å². The highest BCUT2D eigenvalue weighted by molar-refractivity contribution is 5.98. The minimum absolute atomic E-state index is 0.173. The maximum absolute atomic E-state index is 12.3. The summed E-state index contributed by atoms with van der Waals surface area (Å²) in [6.07, 6.45) is 4.80. The second-order valence-electron chi connectivity index (χ2n) is 5.12. The molecule has 1 aromatic rings. The van der Waals surface area contributed by atoms with Gasteiger partial charge in [0, 0.05) is 6.42 Å². The molecule has 0 saturated heterocycles. The molecule has 1 aromatic carbocycles. The van der Waals surface area contributed by atoms with Gasteiger partial charge in [0.25, 0.3) is 0 Å². The quantitative estimate of drug-likeness (QED) is 0.662. The van der Waals surface area contributed by atoms with Crippen LogP contribution in [-0.4, -0.2) is 18.9 Å². The lowest BCUT2D eigenvalue weighted by Gasteiger charge is -2.15. The van der Waals surface area contributed by atoms with Gasteiger partial charge in [-0.25, -0.2) is 0 Å². The highest BCUT2D eigenvalue weighted by Gasteiger charge is 2.14. The molecule has 1 atom stereocenters. The van der Waals surface area contributed by atoms with Gasteiger partial charge in [-0.05, 0) is 44.4 Å². The summed E-state index contributed by atoms with van der Waals surface area (Å²) in [6.45, 7) is 5.39. The molecule has 1 rings (SSSR count). The fourth-order valence-corrected chi connectivity index (χ4v) is 2.53. The van der Waals surface area contributed by atoms with Crippen LogP contribution in [0.3, 0.4) is 0 Å². The van der Waals surface area contributed by atoms with E-state index in [1.807, 2.05) is 31.2 Å². The molecule has 0 amide bonds. The first-order valence-corrected chi connectivity index (χ1v) is 7.68. The van der Waals surface area contributed by atoms with Crippen LogP contribution < -0.4 is 10.5 Å². The molecule has 3 heteroatoms. The van der Waals surface area contributed by atoms with Gasteiger partial charge in [-0.1, -0.05) is 31.9 Å².